The molecule has 4 nitrogen and oxygen atoms in total. The average molecular weight is 442 g/mol. The first-order valence-electron chi connectivity index (χ1n) is 7.60. The summed E-state index contributed by atoms with van der Waals surface area (Å²) in [6.45, 7) is 2.07. The van der Waals surface area contributed by atoms with Crippen LogP contribution in [0.15, 0.2) is 50.9 Å². The Balaban J connectivity index is 2.04. The summed E-state index contributed by atoms with van der Waals surface area (Å²) < 4.78 is 6.17. The lowest BCUT2D eigenvalue weighted by Gasteiger charge is -2.08. The van der Waals surface area contributed by atoms with Crippen molar-refractivity contribution in [2.75, 3.05) is 12.9 Å². The van der Waals surface area contributed by atoms with Crippen LogP contribution in [0.4, 0.5) is 0 Å². The van der Waals surface area contributed by atoms with Gasteiger partial charge in [0.05, 0.1) is 19.7 Å². The van der Waals surface area contributed by atoms with Gasteiger partial charge >= 0.3 is 0 Å². The van der Waals surface area contributed by atoms with E-state index in [4.69, 9.17) is 16.3 Å². The number of hydrazone groups is 1. The van der Waals surface area contributed by atoms with E-state index in [1.807, 2.05) is 36.4 Å². The van der Waals surface area contributed by atoms with E-state index in [-0.39, 0.29) is 12.3 Å². The van der Waals surface area contributed by atoms with Crippen molar-refractivity contribution in [1.82, 2.24) is 5.43 Å². The predicted molar refractivity (Wildman–Crippen MR) is 108 cm³/mol. The summed E-state index contributed by atoms with van der Waals surface area (Å²) in [5.41, 5.74) is 4.21. The van der Waals surface area contributed by atoms with Crippen molar-refractivity contribution >= 4 is 51.4 Å². The molecular formula is C18H18BrClN2O2S. The molecule has 0 bridgehead atoms. The maximum Gasteiger partial charge on any atom is 0.244 e. The van der Waals surface area contributed by atoms with Gasteiger partial charge in [0, 0.05) is 20.0 Å². The van der Waals surface area contributed by atoms with E-state index in [9.17, 15) is 4.79 Å². The molecule has 132 valence electrons. The van der Waals surface area contributed by atoms with Crippen LogP contribution < -0.4 is 10.2 Å². The Bertz CT molecular complexity index is 784. The summed E-state index contributed by atoms with van der Waals surface area (Å²) in [6, 6.07) is 11.2. The Morgan fingerprint density at radius 2 is 2.16 bits per heavy atom. The number of nitrogens with zero attached hydrogens (tertiary/aromatic N) is 1. The molecule has 0 aromatic heterocycles. The highest BCUT2D eigenvalue weighted by atomic mass is 79.9. The van der Waals surface area contributed by atoms with E-state index < -0.39 is 0 Å². The number of halogens is 2. The van der Waals surface area contributed by atoms with E-state index in [2.05, 4.69) is 33.4 Å². The van der Waals surface area contributed by atoms with Crippen LogP contribution in [0.5, 0.6) is 5.75 Å². The van der Waals surface area contributed by atoms with Gasteiger partial charge in [-0.05, 0) is 47.7 Å². The predicted octanol–water partition coefficient (Wildman–Crippen LogP) is 4.92. The molecule has 1 amide bonds. The van der Waals surface area contributed by atoms with Crippen molar-refractivity contribution in [3.8, 4) is 5.75 Å². The highest BCUT2D eigenvalue weighted by Gasteiger charge is 2.09. The molecule has 0 unspecified atom stereocenters. The first kappa shape index (κ1) is 19.8. The number of thioether (sulfide) groups is 1. The van der Waals surface area contributed by atoms with Crippen LogP contribution in [0.2, 0.25) is 5.02 Å². The van der Waals surface area contributed by atoms with Crippen LogP contribution in [-0.2, 0) is 11.2 Å². The largest absolute Gasteiger partial charge is 0.496 e. The van der Waals surface area contributed by atoms with E-state index >= 15 is 0 Å². The number of nitrogens with one attached hydrogen (secondary N) is 1. The van der Waals surface area contributed by atoms with Crippen molar-refractivity contribution in [2.45, 2.75) is 18.2 Å². The van der Waals surface area contributed by atoms with Gasteiger partial charge in [0.15, 0.2) is 0 Å². The normalized spacial score (nSPS) is 10.9. The summed E-state index contributed by atoms with van der Waals surface area (Å²) >= 11 is 11.1. The van der Waals surface area contributed by atoms with E-state index in [0.717, 1.165) is 26.2 Å². The molecule has 0 aliphatic rings. The summed E-state index contributed by atoms with van der Waals surface area (Å²) in [6.07, 6.45) is 1.77. The minimum absolute atomic E-state index is 0.203. The summed E-state index contributed by atoms with van der Waals surface area (Å²) in [5, 5.41) is 4.64. The van der Waals surface area contributed by atoms with Gasteiger partial charge in [0.25, 0.3) is 0 Å². The van der Waals surface area contributed by atoms with E-state index in [1.165, 1.54) is 0 Å². The Morgan fingerprint density at radius 3 is 2.88 bits per heavy atom. The van der Waals surface area contributed by atoms with Gasteiger partial charge in [-0.2, -0.15) is 5.10 Å². The second-order valence-electron chi connectivity index (χ2n) is 5.04. The molecule has 2 aromatic rings. The highest BCUT2D eigenvalue weighted by molar-refractivity contribution is 9.10. The van der Waals surface area contributed by atoms with Gasteiger partial charge in [0.2, 0.25) is 5.91 Å². The van der Waals surface area contributed by atoms with Crippen molar-refractivity contribution in [2.24, 2.45) is 5.10 Å². The Kier molecular flexibility index (Phi) is 7.81. The molecule has 0 aliphatic heterocycles. The number of rotatable bonds is 7. The first-order valence-corrected chi connectivity index (χ1v) is 9.75. The number of ether oxygens (including phenoxy) is 1. The highest BCUT2D eigenvalue weighted by Crippen LogP contribution is 2.26. The van der Waals surface area contributed by atoms with Crippen molar-refractivity contribution < 1.29 is 9.53 Å². The van der Waals surface area contributed by atoms with Crippen molar-refractivity contribution in [3.05, 3.63) is 57.0 Å². The molecule has 25 heavy (non-hydrogen) atoms. The molecule has 7 heteroatoms. The molecule has 0 aliphatic carbocycles. The maximum atomic E-state index is 12.2. The van der Waals surface area contributed by atoms with Gasteiger partial charge in [-0.15, -0.1) is 11.8 Å². The van der Waals surface area contributed by atoms with Gasteiger partial charge in [-0.25, -0.2) is 5.43 Å². The standard InChI is InChI=1S/C18H18BrClN2O2S/c1-3-25-17-7-5-15(20)9-12(17)10-18(23)22-21-11-13-8-14(19)4-6-16(13)24-2/h4-9,11H,3,10H2,1-2H3,(H,22,23)/b21-11-. The number of carbonyl (C=O) groups is 1. The zero-order valence-corrected chi connectivity index (χ0v) is 17.0. The molecule has 0 heterocycles. The van der Waals surface area contributed by atoms with Gasteiger partial charge in [-0.1, -0.05) is 34.5 Å². The summed E-state index contributed by atoms with van der Waals surface area (Å²) in [5.74, 6) is 1.40. The Morgan fingerprint density at radius 1 is 1.36 bits per heavy atom. The fourth-order valence-corrected chi connectivity index (χ4v) is 3.54. The lowest BCUT2D eigenvalue weighted by molar-refractivity contribution is -0.120. The molecule has 0 saturated carbocycles. The fraction of sp³-hybridized carbons (Fsp3) is 0.222. The van der Waals surface area contributed by atoms with E-state index in [0.29, 0.717) is 10.8 Å². The van der Waals surface area contributed by atoms with E-state index in [1.54, 1.807) is 25.1 Å². The van der Waals surface area contributed by atoms with Crippen LogP contribution >= 0.6 is 39.3 Å². The second kappa shape index (κ2) is 9.85. The zero-order valence-electron chi connectivity index (χ0n) is 13.9. The third-order valence-electron chi connectivity index (χ3n) is 3.26. The molecule has 0 spiro atoms. The fourth-order valence-electron chi connectivity index (χ4n) is 2.17. The van der Waals surface area contributed by atoms with Crippen LogP contribution in [0.25, 0.3) is 0 Å². The number of hydrogen-bond acceptors (Lipinski definition) is 4. The SMILES string of the molecule is CCSc1ccc(Cl)cc1CC(=O)N/N=C\c1cc(Br)ccc1OC. The van der Waals surface area contributed by atoms with Crippen molar-refractivity contribution in [3.63, 3.8) is 0 Å². The molecule has 2 aromatic carbocycles. The average Bonchev–Trinajstić information content (AvgIpc) is 2.57. The number of carbonyl (C=O) groups excluding carboxylic acids is 1. The van der Waals surface area contributed by atoms with Crippen molar-refractivity contribution in [1.29, 1.82) is 0 Å². The topological polar surface area (TPSA) is 50.7 Å². The molecule has 0 radical (unpaired) electrons. The third-order valence-corrected chi connectivity index (χ3v) is 4.98. The van der Waals surface area contributed by atoms with Crippen LogP contribution in [0.1, 0.15) is 18.1 Å². The number of methoxy groups -OCH3 is 1. The number of hydrogen-bond donors (Lipinski definition) is 1. The number of amides is 1. The molecule has 1 N–H and O–H groups in total. The first-order chi connectivity index (χ1) is 12.0. The zero-order chi connectivity index (χ0) is 18.2. The van der Waals surface area contributed by atoms with Crippen LogP contribution in [0, 0.1) is 0 Å². The maximum absolute atomic E-state index is 12.2. The molecule has 0 fully saturated rings. The van der Waals surface area contributed by atoms with Gasteiger partial charge in [-0.3, -0.25) is 4.79 Å². The second-order valence-corrected chi connectivity index (χ2v) is 7.70. The van der Waals surface area contributed by atoms with Gasteiger partial charge in [0.1, 0.15) is 5.75 Å². The van der Waals surface area contributed by atoms with Gasteiger partial charge < -0.3 is 4.74 Å². The lowest BCUT2D eigenvalue weighted by atomic mass is 10.1. The Labute approximate surface area is 165 Å². The molecular weight excluding hydrogens is 424 g/mol. The minimum atomic E-state index is -0.203. The van der Waals surface area contributed by atoms with Crippen LogP contribution in [-0.4, -0.2) is 25.0 Å². The third kappa shape index (κ3) is 6.06. The molecule has 0 atom stereocenters. The Hall–Kier alpha value is -1.50. The monoisotopic (exact) mass is 440 g/mol. The molecule has 0 saturated heterocycles. The van der Waals surface area contributed by atoms with Crippen LogP contribution in [0.3, 0.4) is 0 Å². The lowest BCUT2D eigenvalue weighted by Crippen LogP contribution is -2.20. The molecule has 2 rings (SSSR count). The quantitative estimate of drug-likeness (QED) is 0.377. The minimum Gasteiger partial charge on any atom is -0.496 e. The summed E-state index contributed by atoms with van der Waals surface area (Å²) in [7, 11) is 1.59. The number of benzene rings is 2. The smallest absolute Gasteiger partial charge is 0.244 e. The summed E-state index contributed by atoms with van der Waals surface area (Å²) in [4.78, 5) is 13.2.